The van der Waals surface area contributed by atoms with Gasteiger partial charge in [-0.1, -0.05) is 0 Å². The van der Waals surface area contributed by atoms with Gasteiger partial charge >= 0.3 is 5.97 Å². The molecule has 0 atom stereocenters. The molecule has 1 rings (SSSR count). The first-order valence-corrected chi connectivity index (χ1v) is 6.92. The van der Waals surface area contributed by atoms with Crippen LogP contribution in [0.1, 0.15) is 6.92 Å². The molecule has 18 heavy (non-hydrogen) atoms. The van der Waals surface area contributed by atoms with Gasteiger partial charge in [-0.05, 0) is 31.2 Å². The zero-order valence-electron chi connectivity index (χ0n) is 10.2. The fraction of sp³-hybridized carbons (Fsp3) is 0.364. The smallest absolute Gasteiger partial charge is 0.323 e. The summed E-state index contributed by atoms with van der Waals surface area (Å²) < 4.78 is 35.0. The molecule has 0 aliphatic carbocycles. The number of anilines is 1. The van der Waals surface area contributed by atoms with Crippen LogP contribution in [-0.4, -0.2) is 33.9 Å². The first-order valence-electron chi connectivity index (χ1n) is 5.27. The van der Waals surface area contributed by atoms with Gasteiger partial charge < -0.3 is 9.47 Å². The minimum Gasteiger partial charge on any atom is -0.497 e. The molecule has 6 nitrogen and oxygen atoms in total. The maximum absolute atomic E-state index is 11.6. The van der Waals surface area contributed by atoms with E-state index in [2.05, 4.69) is 9.46 Å². The molecule has 1 aromatic rings. The van der Waals surface area contributed by atoms with E-state index in [1.165, 1.54) is 7.11 Å². The predicted octanol–water partition coefficient (Wildman–Crippen LogP) is 1.000. The molecule has 0 heterocycles. The van der Waals surface area contributed by atoms with Crippen molar-refractivity contribution in [1.29, 1.82) is 0 Å². The Morgan fingerprint density at radius 2 is 1.89 bits per heavy atom. The molecule has 0 saturated heterocycles. The largest absolute Gasteiger partial charge is 0.497 e. The van der Waals surface area contributed by atoms with E-state index >= 15 is 0 Å². The molecule has 0 radical (unpaired) electrons. The van der Waals surface area contributed by atoms with E-state index in [0.29, 0.717) is 11.4 Å². The summed E-state index contributed by atoms with van der Waals surface area (Å²) in [5, 5.41) is 0. The molecule has 0 aliphatic rings. The highest BCUT2D eigenvalue weighted by Crippen LogP contribution is 2.16. The zero-order valence-corrected chi connectivity index (χ0v) is 11.0. The van der Waals surface area contributed by atoms with E-state index in [0.717, 1.165) is 0 Å². The van der Waals surface area contributed by atoms with E-state index in [4.69, 9.17) is 4.74 Å². The fourth-order valence-electron chi connectivity index (χ4n) is 1.23. The highest BCUT2D eigenvalue weighted by Gasteiger charge is 2.17. The van der Waals surface area contributed by atoms with Crippen LogP contribution >= 0.6 is 0 Å². The van der Waals surface area contributed by atoms with Crippen molar-refractivity contribution in [2.45, 2.75) is 6.92 Å². The third kappa shape index (κ3) is 4.62. The molecule has 0 amide bonds. The van der Waals surface area contributed by atoms with Gasteiger partial charge in [-0.25, -0.2) is 8.42 Å². The van der Waals surface area contributed by atoms with Gasteiger partial charge in [0.1, 0.15) is 5.75 Å². The second-order valence-corrected chi connectivity index (χ2v) is 5.12. The standard InChI is InChI=1S/C11H15NO5S/c1-3-17-11(13)8-18(14,15)12-9-4-6-10(16-2)7-5-9/h4-7,12H,3,8H2,1-2H3. The highest BCUT2D eigenvalue weighted by atomic mass is 32.2. The topological polar surface area (TPSA) is 81.7 Å². The van der Waals surface area contributed by atoms with Gasteiger partial charge in [-0.3, -0.25) is 9.52 Å². The van der Waals surface area contributed by atoms with Crippen LogP contribution in [0.2, 0.25) is 0 Å². The highest BCUT2D eigenvalue weighted by molar-refractivity contribution is 7.93. The second-order valence-electron chi connectivity index (χ2n) is 3.39. The summed E-state index contributed by atoms with van der Waals surface area (Å²) in [6.45, 7) is 1.76. The van der Waals surface area contributed by atoms with Gasteiger partial charge in [0, 0.05) is 5.69 Å². The molecular formula is C11H15NO5S. The lowest BCUT2D eigenvalue weighted by Crippen LogP contribution is -2.24. The van der Waals surface area contributed by atoms with Crippen LogP contribution in [0.15, 0.2) is 24.3 Å². The van der Waals surface area contributed by atoms with E-state index < -0.39 is 21.7 Å². The minimum absolute atomic E-state index is 0.150. The zero-order chi connectivity index (χ0) is 13.6. The molecule has 0 fully saturated rings. The van der Waals surface area contributed by atoms with Crippen LogP contribution < -0.4 is 9.46 Å². The number of esters is 1. The molecule has 0 bridgehead atoms. The molecular weight excluding hydrogens is 258 g/mol. The van der Waals surface area contributed by atoms with Crippen LogP contribution in [0.25, 0.3) is 0 Å². The van der Waals surface area contributed by atoms with Crippen molar-refractivity contribution in [3.8, 4) is 5.75 Å². The molecule has 1 aromatic carbocycles. The van der Waals surface area contributed by atoms with Crippen molar-refractivity contribution in [3.63, 3.8) is 0 Å². The molecule has 0 aromatic heterocycles. The lowest BCUT2D eigenvalue weighted by atomic mass is 10.3. The van der Waals surface area contributed by atoms with Crippen molar-refractivity contribution in [3.05, 3.63) is 24.3 Å². The van der Waals surface area contributed by atoms with Gasteiger partial charge in [0.25, 0.3) is 0 Å². The lowest BCUT2D eigenvalue weighted by Gasteiger charge is -2.08. The monoisotopic (exact) mass is 273 g/mol. The van der Waals surface area contributed by atoms with E-state index in [9.17, 15) is 13.2 Å². The number of carbonyl (C=O) groups is 1. The molecule has 1 N–H and O–H groups in total. The van der Waals surface area contributed by atoms with Gasteiger partial charge in [-0.15, -0.1) is 0 Å². The van der Waals surface area contributed by atoms with Gasteiger partial charge in [-0.2, -0.15) is 0 Å². The van der Waals surface area contributed by atoms with Crippen molar-refractivity contribution in [2.24, 2.45) is 0 Å². The number of hydrogen-bond donors (Lipinski definition) is 1. The Kier molecular flexibility index (Phi) is 4.96. The molecule has 0 aliphatic heterocycles. The molecule has 7 heteroatoms. The van der Waals surface area contributed by atoms with Crippen molar-refractivity contribution >= 4 is 21.7 Å². The number of benzene rings is 1. The molecule has 0 unspecified atom stereocenters. The minimum atomic E-state index is -3.74. The van der Waals surface area contributed by atoms with Crippen LogP contribution in [-0.2, 0) is 19.6 Å². The number of sulfonamides is 1. The van der Waals surface area contributed by atoms with Crippen molar-refractivity contribution in [2.75, 3.05) is 24.2 Å². The maximum Gasteiger partial charge on any atom is 0.323 e. The van der Waals surface area contributed by atoms with Crippen LogP contribution in [0, 0.1) is 0 Å². The van der Waals surface area contributed by atoms with Gasteiger partial charge in [0.15, 0.2) is 5.75 Å². The Labute approximate surface area is 106 Å². The summed E-state index contributed by atoms with van der Waals surface area (Å²) in [4.78, 5) is 11.1. The van der Waals surface area contributed by atoms with E-state index in [1.807, 2.05) is 0 Å². The van der Waals surface area contributed by atoms with E-state index in [1.54, 1.807) is 31.2 Å². The van der Waals surface area contributed by atoms with Crippen LogP contribution in [0.4, 0.5) is 5.69 Å². The lowest BCUT2D eigenvalue weighted by molar-refractivity contribution is -0.139. The molecule has 0 saturated carbocycles. The summed E-state index contributed by atoms with van der Waals surface area (Å²) >= 11 is 0. The van der Waals surface area contributed by atoms with Crippen molar-refractivity contribution < 1.29 is 22.7 Å². The first-order chi connectivity index (χ1) is 8.46. The van der Waals surface area contributed by atoms with Gasteiger partial charge in [0.05, 0.1) is 13.7 Å². The number of ether oxygens (including phenoxy) is 2. The predicted molar refractivity (Wildman–Crippen MR) is 67.0 cm³/mol. The molecule has 0 spiro atoms. The number of carbonyl (C=O) groups excluding carboxylic acids is 1. The Balaban J connectivity index is 2.67. The van der Waals surface area contributed by atoms with Crippen LogP contribution in [0.5, 0.6) is 5.75 Å². The van der Waals surface area contributed by atoms with Gasteiger partial charge in [0.2, 0.25) is 10.0 Å². The third-order valence-corrected chi connectivity index (χ3v) is 3.14. The second kappa shape index (κ2) is 6.25. The number of rotatable bonds is 6. The Morgan fingerprint density at radius 3 is 2.39 bits per heavy atom. The van der Waals surface area contributed by atoms with Crippen LogP contribution in [0.3, 0.4) is 0 Å². The first kappa shape index (κ1) is 14.3. The summed E-state index contributed by atoms with van der Waals surface area (Å²) in [6.07, 6.45) is 0. The summed E-state index contributed by atoms with van der Waals surface area (Å²) in [6, 6.07) is 6.31. The number of methoxy groups -OCH3 is 1. The fourth-order valence-corrected chi connectivity index (χ4v) is 2.19. The van der Waals surface area contributed by atoms with Crippen molar-refractivity contribution in [1.82, 2.24) is 0 Å². The summed E-state index contributed by atoms with van der Waals surface area (Å²) in [7, 11) is -2.23. The maximum atomic E-state index is 11.6. The summed E-state index contributed by atoms with van der Waals surface area (Å²) in [5.41, 5.74) is 0.361. The number of hydrogen-bond acceptors (Lipinski definition) is 5. The quantitative estimate of drug-likeness (QED) is 0.782. The SMILES string of the molecule is CCOC(=O)CS(=O)(=O)Nc1ccc(OC)cc1. The Bertz CT molecular complexity index is 495. The third-order valence-electron chi connectivity index (χ3n) is 1.98. The summed E-state index contributed by atoms with van der Waals surface area (Å²) in [5.74, 6) is -0.866. The Hall–Kier alpha value is -1.76. The normalized spacial score (nSPS) is 10.8. The molecule has 100 valence electrons. The van der Waals surface area contributed by atoms with E-state index in [-0.39, 0.29) is 6.61 Å². The number of nitrogens with one attached hydrogen (secondary N) is 1. The Morgan fingerprint density at radius 1 is 1.28 bits per heavy atom. The average molecular weight is 273 g/mol. The average Bonchev–Trinajstić information content (AvgIpc) is 2.29.